The first kappa shape index (κ1) is 29.4. The van der Waals surface area contributed by atoms with E-state index in [1.807, 2.05) is 19.9 Å². The Bertz CT molecular complexity index is 958. The van der Waals surface area contributed by atoms with Gasteiger partial charge in [-0.3, -0.25) is 4.79 Å². The summed E-state index contributed by atoms with van der Waals surface area (Å²) in [6, 6.07) is 11.7. The van der Waals surface area contributed by atoms with Gasteiger partial charge in [-0.1, -0.05) is 54.1 Å². The highest BCUT2D eigenvalue weighted by Gasteiger charge is 2.17. The maximum Gasteiger partial charge on any atom is 0.293 e. The number of carbonyl (C=O) groups excluding carboxylic acids is 1. The first-order valence-corrected chi connectivity index (χ1v) is 11.6. The number of ether oxygens (including phenoxy) is 1. The van der Waals surface area contributed by atoms with E-state index in [0.717, 1.165) is 47.6 Å². The average Bonchev–Trinajstić information content (AvgIpc) is 2.80. The molecule has 1 heterocycles. The molecular weight excluding hydrogens is 476 g/mol. The van der Waals surface area contributed by atoms with Crippen molar-refractivity contribution in [1.82, 2.24) is 5.32 Å². The molecule has 0 aliphatic carbocycles. The summed E-state index contributed by atoms with van der Waals surface area (Å²) in [5, 5.41) is 10.9. The Balaban J connectivity index is 0.000000363. The topological polar surface area (TPSA) is 53.9 Å². The zero-order valence-electron chi connectivity index (χ0n) is 19.9. The number of rotatable bonds is 3. The maximum absolute atomic E-state index is 12.1. The third kappa shape index (κ3) is 11.0. The standard InChI is InChI=1S/C16H19Cl2N3.C7H7F.C3H6O2/c1-11-10-19-8-4-5-12(2)20-21(13(11)3)16-7-6-14(17)9-15(16)18;1-6-2-4-7(8)5-3-6;1-2-5-3-4/h6-7,9,19H,1,3-5,8,10H2,2H3;2-5H,1H3;3H,2H2,1H3/b20-12-;;. The van der Waals surface area contributed by atoms with Gasteiger partial charge in [-0.2, -0.15) is 5.10 Å². The molecule has 3 rings (SSSR count). The van der Waals surface area contributed by atoms with Crippen LogP contribution in [0.2, 0.25) is 10.0 Å². The Morgan fingerprint density at radius 2 is 1.85 bits per heavy atom. The van der Waals surface area contributed by atoms with Crippen molar-refractivity contribution < 1.29 is 13.9 Å². The lowest BCUT2D eigenvalue weighted by atomic mass is 10.1. The summed E-state index contributed by atoms with van der Waals surface area (Å²) in [5.74, 6) is -0.171. The molecule has 0 bridgehead atoms. The fraction of sp³-hybridized carbons (Fsp3) is 0.308. The number of hydrazone groups is 1. The number of hydrogen-bond acceptors (Lipinski definition) is 5. The van der Waals surface area contributed by atoms with Crippen LogP contribution in [0.25, 0.3) is 0 Å². The highest BCUT2D eigenvalue weighted by atomic mass is 35.5. The van der Waals surface area contributed by atoms with E-state index in [0.29, 0.717) is 29.7 Å². The fourth-order valence-electron chi connectivity index (χ4n) is 2.69. The van der Waals surface area contributed by atoms with Gasteiger partial charge in [0.05, 0.1) is 23.0 Å². The average molecular weight is 508 g/mol. The minimum Gasteiger partial charge on any atom is -0.468 e. The molecule has 34 heavy (non-hydrogen) atoms. The van der Waals surface area contributed by atoms with Gasteiger partial charge in [0.2, 0.25) is 0 Å². The minimum absolute atomic E-state index is 0.171. The Morgan fingerprint density at radius 1 is 1.18 bits per heavy atom. The first-order valence-electron chi connectivity index (χ1n) is 10.8. The Kier molecular flexibility index (Phi) is 13.9. The van der Waals surface area contributed by atoms with Gasteiger partial charge in [0.25, 0.3) is 6.47 Å². The smallest absolute Gasteiger partial charge is 0.293 e. The molecule has 0 saturated carbocycles. The van der Waals surface area contributed by atoms with E-state index in [1.165, 1.54) is 12.1 Å². The molecule has 0 spiro atoms. The third-order valence-corrected chi connectivity index (χ3v) is 5.09. The molecule has 0 fully saturated rings. The molecular formula is C26H32Cl2FN3O2. The van der Waals surface area contributed by atoms with Gasteiger partial charge in [0.1, 0.15) is 5.82 Å². The predicted octanol–water partition coefficient (Wildman–Crippen LogP) is 6.94. The van der Waals surface area contributed by atoms with Crippen molar-refractivity contribution in [3.8, 4) is 0 Å². The summed E-state index contributed by atoms with van der Waals surface area (Å²) in [5.41, 5.74) is 4.49. The number of anilines is 1. The van der Waals surface area contributed by atoms with Gasteiger partial charge >= 0.3 is 0 Å². The SMILES string of the molecule is C=C1CNCCC/C(C)=N\N(c2ccc(Cl)cc2Cl)C1=C.CCOC=O.Cc1ccc(F)cc1. The molecule has 0 aromatic heterocycles. The predicted molar refractivity (Wildman–Crippen MR) is 141 cm³/mol. The van der Waals surface area contributed by atoms with Gasteiger partial charge in [0, 0.05) is 17.3 Å². The summed E-state index contributed by atoms with van der Waals surface area (Å²) in [6.45, 7) is 16.4. The number of halogens is 3. The van der Waals surface area contributed by atoms with E-state index in [4.69, 9.17) is 23.2 Å². The second-order valence-corrected chi connectivity index (χ2v) is 8.26. The highest BCUT2D eigenvalue weighted by molar-refractivity contribution is 6.36. The Morgan fingerprint density at radius 3 is 2.38 bits per heavy atom. The van der Waals surface area contributed by atoms with Gasteiger partial charge < -0.3 is 10.1 Å². The van der Waals surface area contributed by atoms with Crippen molar-refractivity contribution >= 4 is 41.1 Å². The molecule has 184 valence electrons. The van der Waals surface area contributed by atoms with Gasteiger partial charge in [0.15, 0.2) is 0 Å². The van der Waals surface area contributed by atoms with Crippen LogP contribution in [-0.4, -0.2) is 31.9 Å². The first-order chi connectivity index (χ1) is 16.2. The van der Waals surface area contributed by atoms with Crippen molar-refractivity contribution in [1.29, 1.82) is 0 Å². The molecule has 5 nitrogen and oxygen atoms in total. The van der Waals surface area contributed by atoms with E-state index < -0.39 is 0 Å². The number of carbonyl (C=O) groups is 1. The largest absolute Gasteiger partial charge is 0.468 e. The normalized spacial score (nSPS) is 15.6. The van der Waals surface area contributed by atoms with Crippen LogP contribution in [0.5, 0.6) is 0 Å². The van der Waals surface area contributed by atoms with Gasteiger partial charge in [-0.05, 0) is 76.1 Å². The minimum atomic E-state index is -0.171. The van der Waals surface area contributed by atoms with Crippen molar-refractivity contribution in [2.45, 2.75) is 33.6 Å². The molecule has 1 N–H and O–H groups in total. The van der Waals surface area contributed by atoms with Crippen LogP contribution in [-0.2, 0) is 9.53 Å². The van der Waals surface area contributed by atoms with Crippen LogP contribution in [0, 0.1) is 12.7 Å². The van der Waals surface area contributed by atoms with Crippen molar-refractivity contribution in [3.05, 3.63) is 88.3 Å². The summed E-state index contributed by atoms with van der Waals surface area (Å²) < 4.78 is 16.2. The lowest BCUT2D eigenvalue weighted by Gasteiger charge is -2.26. The molecule has 0 amide bonds. The molecule has 1 aliphatic rings. The van der Waals surface area contributed by atoms with Gasteiger partial charge in [-0.15, -0.1) is 0 Å². The number of aryl methyl sites for hydroxylation is 1. The second-order valence-electron chi connectivity index (χ2n) is 7.42. The maximum atomic E-state index is 12.1. The zero-order valence-corrected chi connectivity index (χ0v) is 21.4. The van der Waals surface area contributed by atoms with E-state index in [-0.39, 0.29) is 5.82 Å². The second kappa shape index (κ2) is 16.0. The summed E-state index contributed by atoms with van der Waals surface area (Å²) in [6.07, 6.45) is 1.96. The molecule has 1 aliphatic heterocycles. The summed E-state index contributed by atoms with van der Waals surface area (Å²) in [4.78, 5) is 9.18. The van der Waals surface area contributed by atoms with Crippen LogP contribution in [0.4, 0.5) is 10.1 Å². The Labute approximate surface area is 211 Å². The molecule has 0 radical (unpaired) electrons. The monoisotopic (exact) mass is 507 g/mol. The van der Waals surface area contributed by atoms with Gasteiger partial charge in [-0.25, -0.2) is 9.40 Å². The number of hydrogen-bond donors (Lipinski definition) is 1. The number of benzene rings is 2. The number of nitrogens with one attached hydrogen (secondary N) is 1. The molecule has 2 aromatic rings. The third-order valence-electron chi connectivity index (χ3n) is 4.55. The van der Waals surface area contributed by atoms with E-state index in [2.05, 4.69) is 28.3 Å². The van der Waals surface area contributed by atoms with Crippen LogP contribution < -0.4 is 10.3 Å². The molecule has 0 atom stereocenters. The highest BCUT2D eigenvalue weighted by Crippen LogP contribution is 2.32. The van der Waals surface area contributed by atoms with E-state index in [9.17, 15) is 9.18 Å². The molecule has 0 unspecified atom stereocenters. The van der Waals surface area contributed by atoms with Crippen molar-refractivity contribution in [2.24, 2.45) is 5.10 Å². The molecule has 8 heteroatoms. The Hall–Kier alpha value is -2.67. The van der Waals surface area contributed by atoms with Crippen LogP contribution in [0.1, 0.15) is 32.3 Å². The lowest BCUT2D eigenvalue weighted by Crippen LogP contribution is -2.26. The zero-order chi connectivity index (χ0) is 25.5. The quantitative estimate of drug-likeness (QED) is 0.457. The fourth-order valence-corrected chi connectivity index (χ4v) is 3.18. The van der Waals surface area contributed by atoms with Crippen LogP contribution in [0.15, 0.2) is 72.0 Å². The summed E-state index contributed by atoms with van der Waals surface area (Å²) in [7, 11) is 0. The molecule has 2 aromatic carbocycles. The lowest BCUT2D eigenvalue weighted by molar-refractivity contribution is -0.128. The van der Waals surface area contributed by atoms with E-state index in [1.54, 1.807) is 36.2 Å². The van der Waals surface area contributed by atoms with E-state index >= 15 is 0 Å². The number of nitrogens with zero attached hydrogens (tertiary/aromatic N) is 2. The van der Waals surface area contributed by atoms with Crippen LogP contribution >= 0.6 is 23.2 Å². The van der Waals surface area contributed by atoms with Crippen molar-refractivity contribution in [2.75, 3.05) is 24.7 Å². The summed E-state index contributed by atoms with van der Waals surface area (Å²) >= 11 is 12.3. The van der Waals surface area contributed by atoms with Crippen molar-refractivity contribution in [3.63, 3.8) is 0 Å². The van der Waals surface area contributed by atoms with Crippen LogP contribution in [0.3, 0.4) is 0 Å². The molecule has 0 saturated heterocycles.